The third-order valence-electron chi connectivity index (χ3n) is 3.41. The van der Waals surface area contributed by atoms with Crippen molar-refractivity contribution in [3.63, 3.8) is 0 Å². The van der Waals surface area contributed by atoms with Gasteiger partial charge >= 0.3 is 0 Å². The molecule has 1 heterocycles. The van der Waals surface area contributed by atoms with Crippen LogP contribution in [0.5, 0.6) is 5.75 Å². The number of rotatable bonds is 5. The first kappa shape index (κ1) is 12.8. The van der Waals surface area contributed by atoms with E-state index in [2.05, 4.69) is 46.7 Å². The Morgan fingerprint density at radius 3 is 2.70 bits per heavy atom. The molecule has 3 heteroatoms. The number of hydrogen-bond acceptors (Lipinski definition) is 2. The van der Waals surface area contributed by atoms with Gasteiger partial charge < -0.3 is 15.0 Å². The minimum atomic E-state index is 0.836. The number of methoxy groups -OCH3 is 1. The van der Waals surface area contributed by atoms with E-state index >= 15 is 0 Å². The molecule has 3 aromatic rings. The first-order chi connectivity index (χ1) is 9.85. The quantitative estimate of drug-likeness (QED) is 0.742. The second-order valence-electron chi connectivity index (χ2n) is 4.85. The average molecular weight is 266 g/mol. The van der Waals surface area contributed by atoms with Gasteiger partial charge in [0.25, 0.3) is 0 Å². The molecular weight excluding hydrogens is 248 g/mol. The molecule has 0 spiro atoms. The van der Waals surface area contributed by atoms with Gasteiger partial charge in [-0.1, -0.05) is 18.2 Å². The van der Waals surface area contributed by atoms with Crippen molar-refractivity contribution in [2.24, 2.45) is 0 Å². The molecule has 0 amide bonds. The molecule has 3 rings (SSSR count). The highest BCUT2D eigenvalue weighted by molar-refractivity contribution is 5.79. The summed E-state index contributed by atoms with van der Waals surface area (Å²) in [5, 5.41) is 4.72. The van der Waals surface area contributed by atoms with Crippen molar-refractivity contribution in [1.82, 2.24) is 10.3 Å². The lowest BCUT2D eigenvalue weighted by Crippen LogP contribution is -2.12. The largest absolute Gasteiger partial charge is 0.497 e. The molecule has 0 atom stereocenters. The first-order valence-corrected chi connectivity index (χ1v) is 6.75. The molecule has 20 heavy (non-hydrogen) atoms. The molecule has 0 aliphatic carbocycles. The van der Waals surface area contributed by atoms with E-state index in [1.54, 1.807) is 7.11 Å². The van der Waals surface area contributed by atoms with Crippen LogP contribution in [0.4, 0.5) is 0 Å². The number of aromatic nitrogens is 1. The maximum Gasteiger partial charge on any atom is 0.119 e. The van der Waals surface area contributed by atoms with E-state index in [9.17, 15) is 0 Å². The Balaban J connectivity index is 1.61. The summed E-state index contributed by atoms with van der Waals surface area (Å²) in [5.74, 6) is 0.901. The van der Waals surface area contributed by atoms with Crippen LogP contribution >= 0.6 is 0 Å². The molecule has 0 unspecified atom stereocenters. The number of aromatic amines is 1. The molecule has 0 aliphatic heterocycles. The van der Waals surface area contributed by atoms with Crippen LogP contribution in [0.25, 0.3) is 10.9 Å². The highest BCUT2D eigenvalue weighted by atomic mass is 16.5. The van der Waals surface area contributed by atoms with Gasteiger partial charge in [0.2, 0.25) is 0 Å². The predicted molar refractivity (Wildman–Crippen MR) is 81.8 cm³/mol. The van der Waals surface area contributed by atoms with Gasteiger partial charge in [-0.3, -0.25) is 0 Å². The highest BCUT2D eigenvalue weighted by Gasteiger charge is 1.99. The van der Waals surface area contributed by atoms with Gasteiger partial charge in [0, 0.05) is 24.8 Å². The predicted octanol–water partition coefficient (Wildman–Crippen LogP) is 3.47. The zero-order chi connectivity index (χ0) is 13.8. The summed E-state index contributed by atoms with van der Waals surface area (Å²) in [6, 6.07) is 16.7. The molecular formula is C17H18N2O. The average Bonchev–Trinajstić information content (AvgIpc) is 2.95. The van der Waals surface area contributed by atoms with Crippen LogP contribution < -0.4 is 10.1 Å². The van der Waals surface area contributed by atoms with E-state index in [1.807, 2.05) is 18.3 Å². The van der Waals surface area contributed by atoms with Gasteiger partial charge in [0.1, 0.15) is 5.75 Å². The topological polar surface area (TPSA) is 37.0 Å². The number of ether oxygens (including phenoxy) is 1. The van der Waals surface area contributed by atoms with Crippen molar-refractivity contribution in [3.05, 3.63) is 65.9 Å². The lowest BCUT2D eigenvalue weighted by Gasteiger charge is -2.07. The minimum absolute atomic E-state index is 0.836. The van der Waals surface area contributed by atoms with E-state index in [-0.39, 0.29) is 0 Å². The fraction of sp³-hybridized carbons (Fsp3) is 0.176. The molecule has 0 fully saturated rings. The summed E-state index contributed by atoms with van der Waals surface area (Å²) in [5.41, 5.74) is 3.70. The SMILES string of the molecule is COc1cccc(CNCc2ccc3[nH]ccc3c2)c1. The summed E-state index contributed by atoms with van der Waals surface area (Å²) in [4.78, 5) is 3.21. The van der Waals surface area contributed by atoms with Crippen LogP contribution in [0.3, 0.4) is 0 Å². The molecule has 0 aliphatic rings. The Morgan fingerprint density at radius 1 is 1.00 bits per heavy atom. The van der Waals surface area contributed by atoms with Crippen LogP contribution in [-0.2, 0) is 13.1 Å². The standard InChI is InChI=1S/C17H18N2O/c1-20-16-4-2-3-13(10-16)11-18-12-14-5-6-17-15(9-14)7-8-19-17/h2-10,18-19H,11-12H2,1H3. The Kier molecular flexibility index (Phi) is 3.70. The maximum absolute atomic E-state index is 5.23. The van der Waals surface area contributed by atoms with Gasteiger partial charge in [-0.25, -0.2) is 0 Å². The molecule has 0 radical (unpaired) electrons. The number of H-pyrrole nitrogens is 1. The van der Waals surface area contributed by atoms with Gasteiger partial charge in [-0.15, -0.1) is 0 Å². The molecule has 0 saturated carbocycles. The number of benzene rings is 2. The Morgan fingerprint density at radius 2 is 1.85 bits per heavy atom. The Labute approximate surface area is 118 Å². The molecule has 2 aromatic carbocycles. The molecule has 1 aromatic heterocycles. The van der Waals surface area contributed by atoms with E-state index in [4.69, 9.17) is 4.74 Å². The second-order valence-corrected chi connectivity index (χ2v) is 4.85. The summed E-state index contributed by atoms with van der Waals surface area (Å²) in [7, 11) is 1.69. The number of nitrogens with one attached hydrogen (secondary N) is 2. The zero-order valence-electron chi connectivity index (χ0n) is 11.5. The highest BCUT2D eigenvalue weighted by Crippen LogP contribution is 2.15. The zero-order valence-corrected chi connectivity index (χ0v) is 11.5. The monoisotopic (exact) mass is 266 g/mol. The maximum atomic E-state index is 5.23. The van der Waals surface area contributed by atoms with E-state index < -0.39 is 0 Å². The van der Waals surface area contributed by atoms with Crippen LogP contribution in [0, 0.1) is 0 Å². The smallest absolute Gasteiger partial charge is 0.119 e. The minimum Gasteiger partial charge on any atom is -0.497 e. The van der Waals surface area contributed by atoms with Crippen LogP contribution in [0.1, 0.15) is 11.1 Å². The van der Waals surface area contributed by atoms with Gasteiger partial charge in [-0.2, -0.15) is 0 Å². The summed E-state index contributed by atoms with van der Waals surface area (Å²) < 4.78 is 5.23. The number of hydrogen-bond donors (Lipinski definition) is 2. The van der Waals surface area contributed by atoms with Crippen molar-refractivity contribution >= 4 is 10.9 Å². The second kappa shape index (κ2) is 5.80. The van der Waals surface area contributed by atoms with Crippen LogP contribution in [-0.4, -0.2) is 12.1 Å². The van der Waals surface area contributed by atoms with Crippen molar-refractivity contribution in [1.29, 1.82) is 0 Å². The van der Waals surface area contributed by atoms with Crippen molar-refractivity contribution in [2.75, 3.05) is 7.11 Å². The molecule has 102 valence electrons. The summed E-state index contributed by atoms with van der Waals surface area (Å²) in [6.45, 7) is 1.70. The third-order valence-corrected chi connectivity index (χ3v) is 3.41. The first-order valence-electron chi connectivity index (χ1n) is 6.75. The van der Waals surface area contributed by atoms with Gasteiger partial charge in [-0.05, 0) is 46.8 Å². The van der Waals surface area contributed by atoms with Crippen molar-refractivity contribution in [2.45, 2.75) is 13.1 Å². The fourth-order valence-corrected chi connectivity index (χ4v) is 2.35. The molecule has 0 saturated heterocycles. The van der Waals surface area contributed by atoms with Crippen molar-refractivity contribution in [3.8, 4) is 5.75 Å². The molecule has 2 N–H and O–H groups in total. The Bertz CT molecular complexity index is 703. The lowest BCUT2D eigenvalue weighted by molar-refractivity contribution is 0.414. The van der Waals surface area contributed by atoms with Crippen LogP contribution in [0.2, 0.25) is 0 Å². The van der Waals surface area contributed by atoms with Gasteiger partial charge in [0.15, 0.2) is 0 Å². The van der Waals surface area contributed by atoms with Gasteiger partial charge in [0.05, 0.1) is 7.11 Å². The third kappa shape index (κ3) is 2.83. The van der Waals surface area contributed by atoms with E-state index in [0.29, 0.717) is 0 Å². The summed E-state index contributed by atoms with van der Waals surface area (Å²) >= 11 is 0. The molecule has 0 bridgehead atoms. The normalized spacial score (nSPS) is 10.8. The van der Waals surface area contributed by atoms with E-state index in [1.165, 1.54) is 22.0 Å². The molecule has 3 nitrogen and oxygen atoms in total. The van der Waals surface area contributed by atoms with Crippen LogP contribution in [0.15, 0.2) is 54.7 Å². The fourth-order valence-electron chi connectivity index (χ4n) is 2.35. The van der Waals surface area contributed by atoms with Crippen molar-refractivity contribution < 1.29 is 4.74 Å². The Hall–Kier alpha value is -2.26. The van der Waals surface area contributed by atoms with E-state index in [0.717, 1.165) is 18.8 Å². The lowest BCUT2D eigenvalue weighted by atomic mass is 10.1. The summed E-state index contributed by atoms with van der Waals surface area (Å²) in [6.07, 6.45) is 1.97. The number of fused-ring (bicyclic) bond motifs is 1.